The van der Waals surface area contributed by atoms with Gasteiger partial charge in [-0.15, -0.1) is 0 Å². The van der Waals surface area contributed by atoms with Gasteiger partial charge < -0.3 is 15.0 Å². The van der Waals surface area contributed by atoms with E-state index in [0.29, 0.717) is 15.7 Å². The van der Waals surface area contributed by atoms with Gasteiger partial charge in [-0.25, -0.2) is 13.9 Å². The topological polar surface area (TPSA) is 145 Å². The molecule has 0 radical (unpaired) electrons. The molecule has 0 bridgehead atoms. The predicted molar refractivity (Wildman–Crippen MR) is 103 cm³/mol. The van der Waals surface area contributed by atoms with Crippen LogP contribution in [0.1, 0.15) is 27.2 Å². The summed E-state index contributed by atoms with van der Waals surface area (Å²) in [5.74, 6) is -0.831. The smallest absolute Gasteiger partial charge is 0.412 e. The number of likely N-dealkylation sites (tertiary alicyclic amines) is 1. The summed E-state index contributed by atoms with van der Waals surface area (Å²) in [7, 11) is -4.62. The first kappa shape index (κ1) is 20.9. The van der Waals surface area contributed by atoms with Gasteiger partial charge >= 0.3 is 22.4 Å². The van der Waals surface area contributed by atoms with Crippen molar-refractivity contribution < 1.29 is 32.1 Å². The van der Waals surface area contributed by atoms with E-state index in [1.807, 2.05) is 0 Å². The summed E-state index contributed by atoms with van der Waals surface area (Å²) in [6.45, 7) is 5.42. The van der Waals surface area contributed by atoms with Crippen LogP contribution in [0, 0.1) is 0 Å². The minimum absolute atomic E-state index is 0.178. The number of amides is 4. The number of carbonyl (C=O) groups is 3. The summed E-state index contributed by atoms with van der Waals surface area (Å²) < 4.78 is 37.1. The Morgan fingerprint density at radius 2 is 1.69 bits per heavy atom. The number of rotatable bonds is 3. The van der Waals surface area contributed by atoms with E-state index in [1.165, 1.54) is 4.90 Å². The Labute approximate surface area is 167 Å². The van der Waals surface area contributed by atoms with Crippen LogP contribution in [0.4, 0.5) is 21.0 Å². The molecule has 0 aliphatic carbocycles. The van der Waals surface area contributed by atoms with E-state index in [4.69, 9.17) is 9.29 Å². The molecular formula is C17H22N4O7S. The highest BCUT2D eigenvalue weighted by atomic mass is 32.2. The first-order valence-electron chi connectivity index (χ1n) is 8.85. The molecule has 3 rings (SSSR count). The first-order chi connectivity index (χ1) is 13.4. The molecule has 2 atom stereocenters. The molecule has 2 aliphatic rings. The lowest BCUT2D eigenvalue weighted by Gasteiger charge is -2.42. The van der Waals surface area contributed by atoms with Crippen LogP contribution in [-0.4, -0.2) is 64.4 Å². The van der Waals surface area contributed by atoms with E-state index in [9.17, 15) is 22.8 Å². The van der Waals surface area contributed by atoms with Crippen LogP contribution in [0.25, 0.3) is 0 Å². The first-order valence-corrected chi connectivity index (χ1v) is 10.2. The number of nitrogens with zero attached hydrogens (tertiary/aromatic N) is 2. The minimum atomic E-state index is -4.62. The fraction of sp³-hybridized carbons (Fsp3) is 0.471. The van der Waals surface area contributed by atoms with Crippen molar-refractivity contribution in [1.29, 1.82) is 0 Å². The summed E-state index contributed by atoms with van der Waals surface area (Å²) in [6, 6.07) is 4.04. The highest BCUT2D eigenvalue weighted by Crippen LogP contribution is 2.35. The quantitative estimate of drug-likeness (QED) is 0.492. The van der Waals surface area contributed by atoms with Crippen LogP contribution < -0.4 is 10.6 Å². The summed E-state index contributed by atoms with van der Waals surface area (Å²) in [5.41, 5.74) is 0.262. The summed E-state index contributed by atoms with van der Waals surface area (Å²) in [6.07, 6.45) is -0.355. The molecule has 0 spiro atoms. The van der Waals surface area contributed by atoms with Crippen molar-refractivity contribution in [1.82, 2.24) is 9.21 Å². The average molecular weight is 426 g/mol. The lowest BCUT2D eigenvalue weighted by atomic mass is 10.0. The molecule has 1 aromatic carbocycles. The largest absolute Gasteiger partial charge is 0.444 e. The van der Waals surface area contributed by atoms with Gasteiger partial charge in [0.1, 0.15) is 11.6 Å². The zero-order valence-corrected chi connectivity index (χ0v) is 16.9. The van der Waals surface area contributed by atoms with Crippen LogP contribution in [0.3, 0.4) is 0 Å². The second-order valence-electron chi connectivity index (χ2n) is 7.74. The fourth-order valence-electron chi connectivity index (χ4n) is 3.30. The number of fused-ring (bicyclic) bond motifs is 1. The molecule has 0 saturated carbocycles. The number of anilines is 2. The molecule has 2 heterocycles. The van der Waals surface area contributed by atoms with Crippen LogP contribution in [-0.2, 0) is 19.8 Å². The molecule has 2 aliphatic heterocycles. The van der Waals surface area contributed by atoms with Gasteiger partial charge in [0, 0.05) is 17.9 Å². The number of hydrogen-bond acceptors (Lipinski definition) is 6. The molecule has 29 heavy (non-hydrogen) atoms. The van der Waals surface area contributed by atoms with E-state index < -0.39 is 46.0 Å². The third-order valence-corrected chi connectivity index (χ3v) is 5.38. The van der Waals surface area contributed by atoms with Crippen LogP contribution in [0.2, 0.25) is 0 Å². The second-order valence-corrected chi connectivity index (χ2v) is 9.03. The second kappa shape index (κ2) is 7.19. The summed E-state index contributed by atoms with van der Waals surface area (Å²) in [4.78, 5) is 37.5. The highest BCUT2D eigenvalue weighted by Gasteiger charge is 2.60. The van der Waals surface area contributed by atoms with Crippen molar-refractivity contribution in [3.63, 3.8) is 0 Å². The third-order valence-electron chi connectivity index (χ3n) is 4.43. The standard InChI is InChI=1S/C17H22N4O7S/c1-17(2,3)28-16(24)19-11-6-4-10(5-7-11)18-15(23)20-9-8-12-13(20)14(22)21(12)29(25,26)27/h4-7,12-13H,8-9H2,1-3H3,(H,18,23)(H,19,24)(H,25,26,27)/t12-,13?/m1/s1. The van der Waals surface area contributed by atoms with Gasteiger partial charge in [0.15, 0.2) is 0 Å². The van der Waals surface area contributed by atoms with E-state index in [2.05, 4.69) is 10.6 Å². The van der Waals surface area contributed by atoms with Crippen molar-refractivity contribution in [3.05, 3.63) is 24.3 Å². The summed E-state index contributed by atoms with van der Waals surface area (Å²) in [5, 5.41) is 5.19. The molecule has 1 aromatic rings. The molecular weight excluding hydrogens is 404 g/mol. The Hall–Kier alpha value is -2.86. The number of carbonyl (C=O) groups excluding carboxylic acids is 3. The van der Waals surface area contributed by atoms with Gasteiger partial charge in [0.05, 0.1) is 6.04 Å². The van der Waals surface area contributed by atoms with Crippen molar-refractivity contribution >= 4 is 39.7 Å². The van der Waals surface area contributed by atoms with Crippen LogP contribution >= 0.6 is 0 Å². The Morgan fingerprint density at radius 3 is 2.21 bits per heavy atom. The molecule has 12 heteroatoms. The molecule has 3 N–H and O–H groups in total. The molecule has 0 aromatic heterocycles. The number of benzene rings is 1. The molecule has 11 nitrogen and oxygen atoms in total. The van der Waals surface area contributed by atoms with Crippen molar-refractivity contribution in [3.8, 4) is 0 Å². The van der Waals surface area contributed by atoms with Gasteiger partial charge in [-0.1, -0.05) is 0 Å². The number of nitrogens with one attached hydrogen (secondary N) is 2. The molecule has 4 amide bonds. The number of β-lactam (4-membered cyclic amide) rings is 1. The van der Waals surface area contributed by atoms with Gasteiger partial charge in [-0.05, 0) is 51.5 Å². The maximum atomic E-state index is 12.5. The van der Waals surface area contributed by atoms with E-state index in [1.54, 1.807) is 45.0 Å². The molecule has 158 valence electrons. The van der Waals surface area contributed by atoms with Gasteiger partial charge in [0.25, 0.3) is 5.91 Å². The zero-order chi connectivity index (χ0) is 21.6. The Morgan fingerprint density at radius 1 is 1.14 bits per heavy atom. The van der Waals surface area contributed by atoms with Crippen molar-refractivity contribution in [2.45, 2.75) is 44.9 Å². The maximum Gasteiger partial charge on any atom is 0.412 e. The monoisotopic (exact) mass is 426 g/mol. The number of ether oxygens (including phenoxy) is 1. The highest BCUT2D eigenvalue weighted by molar-refractivity contribution is 7.84. The SMILES string of the molecule is CC(C)(C)OC(=O)Nc1ccc(NC(=O)N2CC[C@@H]3C2C(=O)N3S(=O)(=O)O)cc1. The van der Waals surface area contributed by atoms with E-state index >= 15 is 0 Å². The molecule has 2 fully saturated rings. The Bertz CT molecular complexity index is 940. The normalized spacial score (nSPS) is 21.3. The zero-order valence-electron chi connectivity index (χ0n) is 16.1. The molecule has 1 unspecified atom stereocenters. The van der Waals surface area contributed by atoms with Gasteiger partial charge in [0.2, 0.25) is 0 Å². The van der Waals surface area contributed by atoms with Crippen LogP contribution in [0.15, 0.2) is 24.3 Å². The van der Waals surface area contributed by atoms with Crippen LogP contribution in [0.5, 0.6) is 0 Å². The van der Waals surface area contributed by atoms with Gasteiger partial charge in [-0.3, -0.25) is 14.7 Å². The van der Waals surface area contributed by atoms with Crippen molar-refractivity contribution in [2.24, 2.45) is 0 Å². The predicted octanol–water partition coefficient (Wildman–Crippen LogP) is 1.65. The molecule has 2 saturated heterocycles. The number of hydrogen-bond donors (Lipinski definition) is 3. The average Bonchev–Trinajstić information content (AvgIpc) is 2.92. The Balaban J connectivity index is 1.58. The maximum absolute atomic E-state index is 12.5. The van der Waals surface area contributed by atoms with Crippen molar-refractivity contribution in [2.75, 3.05) is 17.2 Å². The lowest BCUT2D eigenvalue weighted by molar-refractivity contribution is -0.143. The lowest BCUT2D eigenvalue weighted by Crippen LogP contribution is -2.68. The number of urea groups is 1. The fourth-order valence-corrected chi connectivity index (χ4v) is 4.20. The van der Waals surface area contributed by atoms with Gasteiger partial charge in [-0.2, -0.15) is 8.42 Å². The third kappa shape index (κ3) is 4.43. The van der Waals surface area contributed by atoms with E-state index in [-0.39, 0.29) is 13.0 Å². The van der Waals surface area contributed by atoms with E-state index in [0.717, 1.165) is 0 Å². The summed E-state index contributed by atoms with van der Waals surface area (Å²) >= 11 is 0. The minimum Gasteiger partial charge on any atom is -0.444 e. The Kier molecular flexibility index (Phi) is 5.17.